The smallest absolute Gasteiger partial charge is 0.251 e. The number of aromatic hydroxyl groups is 1. The largest absolute Gasteiger partial charge is 0.507 e. The molecule has 0 bridgehead atoms. The van der Waals surface area contributed by atoms with Crippen molar-refractivity contribution >= 4 is 60.5 Å². The number of hydrogen-bond acceptors (Lipinski definition) is 7. The summed E-state index contributed by atoms with van der Waals surface area (Å²) in [6.07, 6.45) is 6.84. The predicted octanol–water partition coefficient (Wildman–Crippen LogP) is 5.19. The van der Waals surface area contributed by atoms with Gasteiger partial charge < -0.3 is 26.0 Å². The van der Waals surface area contributed by atoms with Crippen molar-refractivity contribution < 1.29 is 19.5 Å². The van der Waals surface area contributed by atoms with Crippen LogP contribution >= 0.6 is 37.2 Å². The molecule has 2 aliphatic heterocycles. The van der Waals surface area contributed by atoms with Gasteiger partial charge in [-0.25, -0.2) is 0 Å². The molecule has 4 N–H and O–H groups in total. The third-order valence-electron chi connectivity index (χ3n) is 8.41. The van der Waals surface area contributed by atoms with Gasteiger partial charge in [-0.15, -0.1) is 37.2 Å². The Kier molecular flexibility index (Phi) is 14.1. The highest BCUT2D eigenvalue weighted by atomic mass is 35.5. The first-order valence-electron chi connectivity index (χ1n) is 14.7. The molecule has 1 aromatic heterocycles. The van der Waals surface area contributed by atoms with E-state index in [1.165, 1.54) is 0 Å². The van der Waals surface area contributed by atoms with Crippen molar-refractivity contribution in [3.8, 4) is 5.75 Å². The predicted molar refractivity (Wildman–Crippen MR) is 184 cm³/mol. The van der Waals surface area contributed by atoms with Crippen molar-refractivity contribution in [3.05, 3.63) is 89.2 Å². The highest BCUT2D eigenvalue weighted by Gasteiger charge is 2.28. The van der Waals surface area contributed by atoms with Gasteiger partial charge in [-0.05, 0) is 80.1 Å². The summed E-state index contributed by atoms with van der Waals surface area (Å²) >= 11 is 0. The number of anilines is 1. The number of rotatable bonds is 7. The van der Waals surface area contributed by atoms with E-state index in [0.29, 0.717) is 35.1 Å². The minimum absolute atomic E-state index is 0. The van der Waals surface area contributed by atoms with Gasteiger partial charge in [0.25, 0.3) is 11.8 Å². The third kappa shape index (κ3) is 9.56. The number of nitrogens with one attached hydrogen (secondary N) is 3. The fraction of sp³-hybridized carbons (Fsp3) is 0.394. The maximum atomic E-state index is 13.4. The Balaban J connectivity index is 0.00000235. The van der Waals surface area contributed by atoms with E-state index in [4.69, 9.17) is 0 Å². The SMILES string of the molecule is CC1(C)CCN(c2ccc(O)c(C(=O)c3ccc(C(=O)N[C@@H]4CCCNC[C@H]4NC(=O)c4ccncc4)cc3)c2)CC1.Cl.Cl.Cl. The van der Waals surface area contributed by atoms with Crippen LogP contribution in [0.15, 0.2) is 67.0 Å². The molecular weight excluding hydrogens is 637 g/mol. The number of benzene rings is 2. The number of aromatic nitrogens is 1. The molecule has 2 saturated heterocycles. The molecule has 2 aliphatic rings. The van der Waals surface area contributed by atoms with Crippen LogP contribution in [-0.2, 0) is 0 Å². The van der Waals surface area contributed by atoms with E-state index in [0.717, 1.165) is 44.6 Å². The third-order valence-corrected chi connectivity index (χ3v) is 8.41. The van der Waals surface area contributed by atoms with E-state index in [1.54, 1.807) is 60.9 Å². The number of ketones is 1. The van der Waals surface area contributed by atoms with Crippen molar-refractivity contribution in [3.63, 3.8) is 0 Å². The molecule has 2 aromatic carbocycles. The average Bonchev–Trinajstić information content (AvgIpc) is 3.22. The first-order chi connectivity index (χ1) is 20.2. The van der Waals surface area contributed by atoms with Gasteiger partial charge in [0.2, 0.25) is 0 Å². The summed E-state index contributed by atoms with van der Waals surface area (Å²) in [5.41, 5.74) is 2.79. The number of halogens is 3. The summed E-state index contributed by atoms with van der Waals surface area (Å²) in [6, 6.07) is 14.4. The van der Waals surface area contributed by atoms with Crippen LogP contribution in [0, 0.1) is 5.41 Å². The lowest BCUT2D eigenvalue weighted by Gasteiger charge is -2.38. The van der Waals surface area contributed by atoms with Crippen molar-refractivity contribution in [2.24, 2.45) is 5.41 Å². The van der Waals surface area contributed by atoms with Crippen LogP contribution in [0.1, 0.15) is 76.2 Å². The molecular formula is C33H42Cl3N5O4. The first-order valence-corrected chi connectivity index (χ1v) is 14.7. The van der Waals surface area contributed by atoms with E-state index in [9.17, 15) is 19.5 Å². The fourth-order valence-electron chi connectivity index (χ4n) is 5.58. The van der Waals surface area contributed by atoms with Crippen LogP contribution < -0.4 is 20.9 Å². The standard InChI is InChI=1S/C33H39N5O4.3ClH/c1-33(2)13-18-38(19-14-33)25-9-10-29(39)26(20-25)30(40)22-5-7-23(8-6-22)31(41)36-27-4-3-15-35-21-28(27)37-32(42)24-11-16-34-17-12-24;;;/h5-12,16-17,20,27-28,35,39H,3-4,13-15,18-19,21H2,1-2H3,(H,36,41)(H,37,42);3*1H/t27-,28-;;;/m1.../s1. The summed E-state index contributed by atoms with van der Waals surface area (Å²) in [7, 11) is 0. The summed E-state index contributed by atoms with van der Waals surface area (Å²) in [5, 5.41) is 20.0. The molecule has 3 heterocycles. The summed E-state index contributed by atoms with van der Waals surface area (Å²) in [6.45, 7) is 7.69. The number of piperidine rings is 1. The zero-order valence-electron chi connectivity index (χ0n) is 25.5. The molecule has 2 atom stereocenters. The normalized spacial score (nSPS) is 18.9. The Morgan fingerprint density at radius 2 is 1.42 bits per heavy atom. The molecule has 9 nitrogen and oxygen atoms in total. The van der Waals surface area contributed by atoms with Crippen molar-refractivity contribution in [1.82, 2.24) is 20.9 Å². The minimum atomic E-state index is -0.299. The Bertz CT molecular complexity index is 1430. The number of carbonyl (C=O) groups is 3. The Morgan fingerprint density at radius 1 is 0.844 bits per heavy atom. The average molecular weight is 679 g/mol. The van der Waals surface area contributed by atoms with E-state index in [1.807, 2.05) is 6.07 Å². The number of carbonyl (C=O) groups excluding carboxylic acids is 3. The molecule has 3 aromatic rings. The number of nitrogens with zero attached hydrogens (tertiary/aromatic N) is 2. The number of amides is 2. The molecule has 45 heavy (non-hydrogen) atoms. The monoisotopic (exact) mass is 677 g/mol. The lowest BCUT2D eigenvalue weighted by molar-refractivity contribution is 0.0882. The van der Waals surface area contributed by atoms with E-state index in [-0.39, 0.29) is 78.2 Å². The van der Waals surface area contributed by atoms with Crippen molar-refractivity contribution in [1.29, 1.82) is 0 Å². The lowest BCUT2D eigenvalue weighted by atomic mass is 9.82. The van der Waals surface area contributed by atoms with Gasteiger partial charge in [0.15, 0.2) is 5.78 Å². The first kappa shape index (κ1) is 37.8. The molecule has 244 valence electrons. The van der Waals surface area contributed by atoms with E-state index >= 15 is 0 Å². The zero-order valence-corrected chi connectivity index (χ0v) is 27.9. The van der Waals surface area contributed by atoms with Gasteiger partial charge in [-0.3, -0.25) is 19.4 Å². The second-order valence-electron chi connectivity index (χ2n) is 12.0. The molecule has 2 fully saturated rings. The molecule has 0 aliphatic carbocycles. The number of hydrogen-bond donors (Lipinski definition) is 4. The molecule has 12 heteroatoms. The van der Waals surface area contributed by atoms with Crippen LogP contribution in [0.5, 0.6) is 5.75 Å². The molecule has 0 saturated carbocycles. The second kappa shape index (κ2) is 16.8. The Morgan fingerprint density at radius 3 is 2.07 bits per heavy atom. The van der Waals surface area contributed by atoms with Crippen molar-refractivity contribution in [2.75, 3.05) is 31.1 Å². The van der Waals surface area contributed by atoms with E-state index < -0.39 is 0 Å². The Labute approximate surface area is 283 Å². The number of phenols is 1. The molecule has 0 unspecified atom stereocenters. The number of pyridine rings is 1. The van der Waals surface area contributed by atoms with Gasteiger partial charge in [-0.1, -0.05) is 26.0 Å². The molecule has 0 spiro atoms. The summed E-state index contributed by atoms with van der Waals surface area (Å²) in [5.74, 6) is -0.858. The van der Waals surface area contributed by atoms with Crippen LogP contribution in [0.25, 0.3) is 0 Å². The quantitative estimate of drug-likeness (QED) is 0.254. The van der Waals surface area contributed by atoms with Gasteiger partial charge in [0.05, 0.1) is 17.6 Å². The summed E-state index contributed by atoms with van der Waals surface area (Å²) in [4.78, 5) is 45.6. The lowest BCUT2D eigenvalue weighted by Crippen LogP contribution is -2.54. The van der Waals surface area contributed by atoms with Crippen LogP contribution in [0.4, 0.5) is 5.69 Å². The minimum Gasteiger partial charge on any atom is -0.507 e. The van der Waals surface area contributed by atoms with Crippen molar-refractivity contribution in [2.45, 2.75) is 51.6 Å². The maximum absolute atomic E-state index is 13.4. The van der Waals surface area contributed by atoms with Gasteiger partial charge in [0, 0.05) is 54.4 Å². The maximum Gasteiger partial charge on any atom is 0.251 e. The second-order valence-corrected chi connectivity index (χ2v) is 12.0. The highest BCUT2D eigenvalue weighted by molar-refractivity contribution is 6.11. The number of phenolic OH excluding ortho intramolecular Hbond substituents is 1. The van der Waals surface area contributed by atoms with Gasteiger partial charge in [0.1, 0.15) is 5.75 Å². The molecule has 0 radical (unpaired) electrons. The zero-order chi connectivity index (χ0) is 29.7. The van der Waals surface area contributed by atoms with Crippen LogP contribution in [-0.4, -0.2) is 66.0 Å². The highest BCUT2D eigenvalue weighted by Crippen LogP contribution is 2.34. The van der Waals surface area contributed by atoms with Crippen LogP contribution in [0.2, 0.25) is 0 Å². The molecule has 5 rings (SSSR count). The van der Waals surface area contributed by atoms with Crippen LogP contribution in [0.3, 0.4) is 0 Å². The van der Waals surface area contributed by atoms with E-state index in [2.05, 4.69) is 39.7 Å². The summed E-state index contributed by atoms with van der Waals surface area (Å²) < 4.78 is 0. The molecule has 2 amide bonds. The fourth-order valence-corrected chi connectivity index (χ4v) is 5.58. The topological polar surface area (TPSA) is 124 Å². The van der Waals surface area contributed by atoms with Gasteiger partial charge >= 0.3 is 0 Å². The Hall–Kier alpha value is -3.37. The van der Waals surface area contributed by atoms with Gasteiger partial charge in [-0.2, -0.15) is 0 Å².